The van der Waals surface area contributed by atoms with E-state index in [1.165, 1.54) is 25.7 Å². The van der Waals surface area contributed by atoms with Crippen LogP contribution in [0, 0.1) is 5.92 Å². The zero-order valence-electron chi connectivity index (χ0n) is 17.5. The van der Waals surface area contributed by atoms with Crippen LogP contribution >= 0.6 is 0 Å². The molecule has 0 bridgehead atoms. The fourth-order valence-corrected chi connectivity index (χ4v) is 5.45. The van der Waals surface area contributed by atoms with E-state index in [4.69, 9.17) is 18.3 Å². The molecule has 0 heterocycles. The minimum absolute atomic E-state index is 0.0310. The average molecular weight is 391 g/mol. The Morgan fingerprint density at radius 1 is 0.962 bits per heavy atom. The third-order valence-corrected chi connectivity index (χ3v) is 7.36. The first-order valence-electron chi connectivity index (χ1n) is 10.6. The molecular weight excluding hydrogens is 348 g/mol. The van der Waals surface area contributed by atoms with Crippen molar-refractivity contribution in [3.8, 4) is 0 Å². The standard InChI is InChI=1S/C20H42O5Si/c1-5-7-9-13-24-19-15-17(11-12-18(19)21)16-20(26(22-3)23-4)25-14-10-8-6-2/h17-21,26H,5-16H2,1-4H3. The van der Waals surface area contributed by atoms with E-state index in [9.17, 15) is 5.11 Å². The third kappa shape index (κ3) is 9.29. The van der Waals surface area contributed by atoms with Crippen molar-refractivity contribution in [2.45, 2.75) is 96.0 Å². The molecule has 0 aromatic carbocycles. The lowest BCUT2D eigenvalue weighted by atomic mass is 9.83. The Bertz CT molecular complexity index is 327. The van der Waals surface area contributed by atoms with Crippen molar-refractivity contribution in [2.24, 2.45) is 5.92 Å². The van der Waals surface area contributed by atoms with Gasteiger partial charge in [-0.05, 0) is 44.4 Å². The van der Waals surface area contributed by atoms with Crippen molar-refractivity contribution >= 4 is 9.28 Å². The summed E-state index contributed by atoms with van der Waals surface area (Å²) in [6.45, 7) is 5.93. The molecule has 1 rings (SSSR count). The molecule has 1 aliphatic rings. The minimum Gasteiger partial charge on any atom is -0.398 e. The van der Waals surface area contributed by atoms with E-state index in [1.54, 1.807) is 14.2 Å². The predicted molar refractivity (Wildman–Crippen MR) is 108 cm³/mol. The van der Waals surface area contributed by atoms with E-state index in [0.29, 0.717) is 5.92 Å². The number of hydrogen-bond acceptors (Lipinski definition) is 5. The van der Waals surface area contributed by atoms with Gasteiger partial charge >= 0.3 is 9.28 Å². The van der Waals surface area contributed by atoms with Crippen molar-refractivity contribution in [2.75, 3.05) is 27.4 Å². The topological polar surface area (TPSA) is 57.2 Å². The smallest absolute Gasteiger partial charge is 0.350 e. The molecule has 4 atom stereocenters. The van der Waals surface area contributed by atoms with Crippen LogP contribution in [0.1, 0.15) is 78.1 Å². The van der Waals surface area contributed by atoms with Gasteiger partial charge in [-0.15, -0.1) is 0 Å². The molecule has 0 aromatic heterocycles. The second kappa shape index (κ2) is 15.0. The van der Waals surface area contributed by atoms with Crippen molar-refractivity contribution < 1.29 is 23.4 Å². The lowest BCUT2D eigenvalue weighted by Gasteiger charge is -2.35. The summed E-state index contributed by atoms with van der Waals surface area (Å²) in [5, 5.41) is 10.3. The highest BCUT2D eigenvalue weighted by Crippen LogP contribution is 2.31. The summed E-state index contributed by atoms with van der Waals surface area (Å²) in [6, 6.07) is 0. The van der Waals surface area contributed by atoms with Gasteiger partial charge in [-0.25, -0.2) is 0 Å². The number of ether oxygens (including phenoxy) is 2. The molecular formula is C20H42O5Si. The number of hydrogen-bond donors (Lipinski definition) is 1. The van der Waals surface area contributed by atoms with Crippen LogP contribution in [0.3, 0.4) is 0 Å². The first-order valence-corrected chi connectivity index (χ1v) is 12.2. The normalized spacial score (nSPS) is 24.9. The lowest BCUT2D eigenvalue weighted by molar-refractivity contribution is -0.0771. The van der Waals surface area contributed by atoms with Gasteiger partial charge in [0.1, 0.15) is 0 Å². The zero-order valence-corrected chi connectivity index (χ0v) is 18.6. The Labute approximate surface area is 162 Å². The highest BCUT2D eigenvalue weighted by Gasteiger charge is 2.34. The van der Waals surface area contributed by atoms with Crippen LogP contribution in [0.2, 0.25) is 0 Å². The summed E-state index contributed by atoms with van der Waals surface area (Å²) in [4.78, 5) is 0. The van der Waals surface area contributed by atoms with Gasteiger partial charge in [0.25, 0.3) is 0 Å². The molecule has 1 aliphatic carbocycles. The van der Waals surface area contributed by atoms with Gasteiger partial charge in [-0.1, -0.05) is 39.5 Å². The Hall–Kier alpha value is 0.0169. The van der Waals surface area contributed by atoms with E-state index in [2.05, 4.69) is 13.8 Å². The number of aliphatic hydroxyl groups is 1. The summed E-state index contributed by atoms with van der Waals surface area (Å²) >= 11 is 0. The first-order chi connectivity index (χ1) is 12.7. The van der Waals surface area contributed by atoms with Gasteiger partial charge in [0.15, 0.2) is 0 Å². The van der Waals surface area contributed by atoms with E-state index >= 15 is 0 Å². The van der Waals surface area contributed by atoms with Crippen LogP contribution < -0.4 is 0 Å². The van der Waals surface area contributed by atoms with Crippen LogP contribution in [-0.2, 0) is 18.3 Å². The molecule has 5 nitrogen and oxygen atoms in total. The van der Waals surface area contributed by atoms with Gasteiger partial charge in [-0.3, -0.25) is 0 Å². The van der Waals surface area contributed by atoms with Gasteiger partial charge < -0.3 is 23.4 Å². The molecule has 0 aliphatic heterocycles. The SMILES string of the molecule is CCCCCOC1CC(CC(OCCCCC)[SiH](OC)OC)CCC1O. The summed E-state index contributed by atoms with van der Waals surface area (Å²) in [6.07, 6.45) is 10.3. The monoisotopic (exact) mass is 390 g/mol. The highest BCUT2D eigenvalue weighted by atomic mass is 28.3. The molecule has 1 fully saturated rings. The van der Waals surface area contributed by atoms with Crippen LogP contribution in [0.5, 0.6) is 0 Å². The Kier molecular flexibility index (Phi) is 13.9. The Balaban J connectivity index is 2.50. The van der Waals surface area contributed by atoms with Crippen LogP contribution in [0.25, 0.3) is 0 Å². The second-order valence-electron chi connectivity index (χ2n) is 7.55. The van der Waals surface area contributed by atoms with E-state index in [-0.39, 0.29) is 17.9 Å². The largest absolute Gasteiger partial charge is 0.398 e. The summed E-state index contributed by atoms with van der Waals surface area (Å²) < 4.78 is 23.4. The third-order valence-electron chi connectivity index (χ3n) is 5.36. The van der Waals surface area contributed by atoms with E-state index in [0.717, 1.165) is 51.7 Å². The molecule has 4 unspecified atom stereocenters. The molecule has 0 amide bonds. The molecule has 0 aromatic rings. The van der Waals surface area contributed by atoms with E-state index in [1.807, 2.05) is 0 Å². The molecule has 0 radical (unpaired) electrons. The first kappa shape index (κ1) is 24.1. The number of unbranched alkanes of at least 4 members (excludes halogenated alkanes) is 4. The number of aliphatic hydroxyl groups excluding tert-OH is 1. The molecule has 0 saturated heterocycles. The Morgan fingerprint density at radius 2 is 1.62 bits per heavy atom. The molecule has 1 saturated carbocycles. The second-order valence-corrected chi connectivity index (χ2v) is 9.98. The number of rotatable bonds is 15. The Morgan fingerprint density at radius 3 is 2.23 bits per heavy atom. The summed E-state index contributed by atoms with van der Waals surface area (Å²) in [5.41, 5.74) is 0.0721. The molecule has 0 spiro atoms. The fraction of sp³-hybridized carbons (Fsp3) is 1.00. The van der Waals surface area contributed by atoms with Crippen molar-refractivity contribution in [3.63, 3.8) is 0 Å². The van der Waals surface area contributed by atoms with Gasteiger partial charge in [0.2, 0.25) is 0 Å². The maximum absolute atomic E-state index is 10.3. The summed E-state index contributed by atoms with van der Waals surface area (Å²) in [7, 11) is 1.64. The lowest BCUT2D eigenvalue weighted by Crippen LogP contribution is -2.42. The van der Waals surface area contributed by atoms with Crippen molar-refractivity contribution in [3.05, 3.63) is 0 Å². The molecule has 6 heteroatoms. The fourth-order valence-electron chi connectivity index (χ4n) is 3.75. The predicted octanol–water partition coefficient (Wildman–Crippen LogP) is 3.74. The quantitative estimate of drug-likeness (QED) is 0.341. The molecule has 26 heavy (non-hydrogen) atoms. The van der Waals surface area contributed by atoms with Crippen molar-refractivity contribution in [1.29, 1.82) is 0 Å². The van der Waals surface area contributed by atoms with E-state index < -0.39 is 9.28 Å². The van der Waals surface area contributed by atoms with Crippen molar-refractivity contribution in [1.82, 2.24) is 0 Å². The van der Waals surface area contributed by atoms with Crippen LogP contribution in [-0.4, -0.2) is 59.8 Å². The average Bonchev–Trinajstić information content (AvgIpc) is 2.65. The zero-order chi connectivity index (χ0) is 19.2. The van der Waals surface area contributed by atoms with Crippen LogP contribution in [0.4, 0.5) is 0 Å². The van der Waals surface area contributed by atoms with Gasteiger partial charge in [0.05, 0.1) is 17.9 Å². The highest BCUT2D eigenvalue weighted by molar-refractivity contribution is 6.45. The van der Waals surface area contributed by atoms with Gasteiger partial charge in [0, 0.05) is 27.4 Å². The summed E-state index contributed by atoms with van der Waals surface area (Å²) in [5.74, 6) is 0.506. The van der Waals surface area contributed by atoms with Gasteiger partial charge in [-0.2, -0.15) is 0 Å². The minimum atomic E-state index is -1.82. The molecule has 1 N–H and O–H groups in total. The maximum atomic E-state index is 10.3. The maximum Gasteiger partial charge on any atom is 0.350 e. The molecule has 156 valence electrons. The van der Waals surface area contributed by atoms with Crippen LogP contribution in [0.15, 0.2) is 0 Å².